The number of fused-ring (bicyclic) bond motifs is 1. The van der Waals surface area contributed by atoms with Crippen LogP contribution in [0.4, 0.5) is 0 Å². The van der Waals surface area contributed by atoms with Gasteiger partial charge in [-0.15, -0.1) is 0 Å². The lowest BCUT2D eigenvalue weighted by atomic mass is 10.0. The van der Waals surface area contributed by atoms with E-state index in [1.807, 2.05) is 32.0 Å². The largest absolute Gasteiger partial charge is 0.481 e. The fraction of sp³-hybridized carbons (Fsp3) is 0.286. The molecule has 1 aromatic carbocycles. The molecule has 0 radical (unpaired) electrons. The minimum atomic E-state index is -0.948. The Bertz CT molecular complexity index is 625. The third kappa shape index (κ3) is 2.27. The summed E-state index contributed by atoms with van der Waals surface area (Å²) in [7, 11) is 0. The number of hydrogen-bond acceptors (Lipinski definition) is 2. The number of aryl methyl sites for hydroxylation is 2. The molecule has 0 unspecified atom stereocenters. The number of nitrogens with one attached hydrogen (secondary N) is 1. The molecule has 0 atom stereocenters. The number of rotatable bonds is 4. The molecule has 0 fully saturated rings. The van der Waals surface area contributed by atoms with Crippen LogP contribution in [0.5, 0.6) is 0 Å². The molecule has 1 aromatic heterocycles. The summed E-state index contributed by atoms with van der Waals surface area (Å²) in [6.45, 7) is 3.82. The van der Waals surface area contributed by atoms with E-state index in [0.29, 0.717) is 5.56 Å². The standard InChI is InChI=1S/C14H15NO3/c1-8-3-4-10-11(7-8)15-9(2)14(10)12(16)5-6-13(17)18/h3-4,7,15H,5-6H2,1-2H3,(H,17,18). The van der Waals surface area contributed by atoms with Crippen LogP contribution in [0.2, 0.25) is 0 Å². The monoisotopic (exact) mass is 245 g/mol. The summed E-state index contributed by atoms with van der Waals surface area (Å²) in [5, 5.41) is 9.49. The molecule has 18 heavy (non-hydrogen) atoms. The van der Waals surface area contributed by atoms with Crippen molar-refractivity contribution in [3.05, 3.63) is 35.0 Å². The highest BCUT2D eigenvalue weighted by Gasteiger charge is 2.16. The number of carbonyl (C=O) groups is 2. The van der Waals surface area contributed by atoms with E-state index in [0.717, 1.165) is 22.2 Å². The van der Waals surface area contributed by atoms with Crippen molar-refractivity contribution in [2.45, 2.75) is 26.7 Å². The zero-order valence-electron chi connectivity index (χ0n) is 10.4. The highest BCUT2D eigenvalue weighted by molar-refractivity contribution is 6.09. The zero-order valence-corrected chi connectivity index (χ0v) is 10.4. The number of aliphatic carboxylic acids is 1. The quantitative estimate of drug-likeness (QED) is 0.814. The number of hydrogen-bond donors (Lipinski definition) is 2. The van der Waals surface area contributed by atoms with Crippen molar-refractivity contribution < 1.29 is 14.7 Å². The Morgan fingerprint density at radius 3 is 2.61 bits per heavy atom. The van der Waals surface area contributed by atoms with Crippen LogP contribution in [0.25, 0.3) is 10.9 Å². The Labute approximate surface area is 105 Å². The molecular weight excluding hydrogens is 230 g/mol. The predicted octanol–water partition coefficient (Wildman–Crippen LogP) is 2.83. The molecule has 0 aliphatic heterocycles. The summed E-state index contributed by atoms with van der Waals surface area (Å²) in [6, 6.07) is 5.84. The highest BCUT2D eigenvalue weighted by Crippen LogP contribution is 2.24. The average Bonchev–Trinajstić information content (AvgIpc) is 2.61. The van der Waals surface area contributed by atoms with Crippen LogP contribution >= 0.6 is 0 Å². The second kappa shape index (κ2) is 4.64. The molecule has 0 saturated carbocycles. The summed E-state index contributed by atoms with van der Waals surface area (Å²) >= 11 is 0. The number of ketones is 1. The van der Waals surface area contributed by atoms with Crippen LogP contribution < -0.4 is 0 Å². The summed E-state index contributed by atoms with van der Waals surface area (Å²) < 4.78 is 0. The lowest BCUT2D eigenvalue weighted by Gasteiger charge is -1.99. The van der Waals surface area contributed by atoms with E-state index in [1.165, 1.54) is 0 Å². The molecule has 0 saturated heterocycles. The molecule has 4 nitrogen and oxygen atoms in total. The molecule has 1 heterocycles. The lowest BCUT2D eigenvalue weighted by molar-refractivity contribution is -0.136. The van der Waals surface area contributed by atoms with Gasteiger partial charge in [-0.05, 0) is 25.5 Å². The average molecular weight is 245 g/mol. The number of aromatic amines is 1. The van der Waals surface area contributed by atoms with Crippen LogP contribution in [0, 0.1) is 13.8 Å². The third-order valence-electron chi connectivity index (χ3n) is 2.99. The van der Waals surface area contributed by atoms with Crippen LogP contribution in [0.3, 0.4) is 0 Å². The van der Waals surface area contributed by atoms with E-state index in [-0.39, 0.29) is 18.6 Å². The Hall–Kier alpha value is -2.10. The van der Waals surface area contributed by atoms with Gasteiger partial charge >= 0.3 is 5.97 Å². The van der Waals surface area contributed by atoms with Gasteiger partial charge in [0.15, 0.2) is 5.78 Å². The van der Waals surface area contributed by atoms with Gasteiger partial charge in [-0.1, -0.05) is 12.1 Å². The van der Waals surface area contributed by atoms with E-state index in [1.54, 1.807) is 0 Å². The predicted molar refractivity (Wildman–Crippen MR) is 69.0 cm³/mol. The SMILES string of the molecule is Cc1ccc2c(C(=O)CCC(=O)O)c(C)[nH]c2c1. The van der Waals surface area contributed by atoms with Gasteiger partial charge in [0.1, 0.15) is 0 Å². The maximum absolute atomic E-state index is 12.0. The summed E-state index contributed by atoms with van der Waals surface area (Å²) in [5.74, 6) is -1.07. The molecule has 2 aromatic rings. The normalized spacial score (nSPS) is 10.8. The molecule has 0 spiro atoms. The van der Waals surface area contributed by atoms with E-state index < -0.39 is 5.97 Å². The van der Waals surface area contributed by atoms with Crippen LogP contribution in [0.1, 0.15) is 34.5 Å². The summed E-state index contributed by atoms with van der Waals surface area (Å²) in [5.41, 5.74) is 3.46. The van der Waals surface area contributed by atoms with Gasteiger partial charge in [0.25, 0.3) is 0 Å². The minimum Gasteiger partial charge on any atom is -0.481 e. The minimum absolute atomic E-state index is 0.0387. The first-order valence-corrected chi connectivity index (χ1v) is 5.83. The maximum Gasteiger partial charge on any atom is 0.303 e. The van der Waals surface area contributed by atoms with Gasteiger partial charge in [0.2, 0.25) is 0 Å². The Kier molecular flexibility index (Phi) is 3.19. The Balaban J connectivity index is 2.41. The number of Topliss-reactive ketones (excluding diaryl/α,β-unsaturated/α-hetero) is 1. The van der Waals surface area contributed by atoms with Gasteiger partial charge in [-0.25, -0.2) is 0 Å². The van der Waals surface area contributed by atoms with Crippen molar-refractivity contribution in [2.75, 3.05) is 0 Å². The molecule has 94 valence electrons. The molecule has 2 rings (SSSR count). The van der Waals surface area contributed by atoms with Crippen LogP contribution in [-0.2, 0) is 4.79 Å². The number of H-pyrrole nitrogens is 1. The lowest BCUT2D eigenvalue weighted by Crippen LogP contribution is -2.04. The van der Waals surface area contributed by atoms with Crippen LogP contribution in [0.15, 0.2) is 18.2 Å². The first-order chi connectivity index (χ1) is 8.49. The molecule has 4 heteroatoms. The van der Waals surface area contributed by atoms with Gasteiger partial charge in [-0.3, -0.25) is 9.59 Å². The van der Waals surface area contributed by atoms with Crippen molar-refractivity contribution in [1.82, 2.24) is 4.98 Å². The molecule has 2 N–H and O–H groups in total. The van der Waals surface area contributed by atoms with Gasteiger partial charge in [-0.2, -0.15) is 0 Å². The molecule has 0 aliphatic rings. The number of carbonyl (C=O) groups excluding carboxylic acids is 1. The first-order valence-electron chi connectivity index (χ1n) is 5.83. The summed E-state index contributed by atoms with van der Waals surface area (Å²) in [6.07, 6.45) is -0.0895. The zero-order chi connectivity index (χ0) is 13.3. The first kappa shape index (κ1) is 12.4. The molecule has 0 amide bonds. The topological polar surface area (TPSA) is 70.2 Å². The number of carboxylic acid groups (broad SMARTS) is 1. The van der Waals surface area contributed by atoms with Gasteiger partial charge in [0.05, 0.1) is 6.42 Å². The number of carboxylic acids is 1. The van der Waals surface area contributed by atoms with Crippen molar-refractivity contribution >= 4 is 22.7 Å². The fourth-order valence-corrected chi connectivity index (χ4v) is 2.15. The van der Waals surface area contributed by atoms with E-state index in [9.17, 15) is 9.59 Å². The second-order valence-electron chi connectivity index (χ2n) is 4.49. The second-order valence-corrected chi connectivity index (χ2v) is 4.49. The van der Waals surface area contributed by atoms with Crippen molar-refractivity contribution in [3.8, 4) is 0 Å². The maximum atomic E-state index is 12.0. The number of benzene rings is 1. The Morgan fingerprint density at radius 2 is 1.94 bits per heavy atom. The molecular formula is C14H15NO3. The summed E-state index contributed by atoms with van der Waals surface area (Å²) in [4.78, 5) is 25.7. The van der Waals surface area contributed by atoms with Crippen molar-refractivity contribution in [1.29, 1.82) is 0 Å². The van der Waals surface area contributed by atoms with E-state index in [2.05, 4.69) is 4.98 Å². The number of aromatic nitrogens is 1. The Morgan fingerprint density at radius 1 is 1.22 bits per heavy atom. The van der Waals surface area contributed by atoms with E-state index >= 15 is 0 Å². The van der Waals surface area contributed by atoms with Crippen LogP contribution in [-0.4, -0.2) is 21.8 Å². The van der Waals surface area contributed by atoms with Gasteiger partial charge in [0, 0.05) is 28.6 Å². The molecule has 0 aliphatic carbocycles. The van der Waals surface area contributed by atoms with Crippen molar-refractivity contribution in [3.63, 3.8) is 0 Å². The van der Waals surface area contributed by atoms with Crippen molar-refractivity contribution in [2.24, 2.45) is 0 Å². The smallest absolute Gasteiger partial charge is 0.303 e. The fourth-order valence-electron chi connectivity index (χ4n) is 2.15. The van der Waals surface area contributed by atoms with E-state index in [4.69, 9.17) is 5.11 Å². The van der Waals surface area contributed by atoms with Gasteiger partial charge < -0.3 is 10.1 Å². The highest BCUT2D eigenvalue weighted by atomic mass is 16.4. The molecule has 0 bridgehead atoms. The third-order valence-corrected chi connectivity index (χ3v) is 2.99.